The highest BCUT2D eigenvalue weighted by molar-refractivity contribution is 5.17. The fourth-order valence-corrected chi connectivity index (χ4v) is 0.989. The van der Waals surface area contributed by atoms with Crippen LogP contribution < -0.4 is 0 Å². The minimum atomic E-state index is -0.560. The van der Waals surface area contributed by atoms with Crippen LogP contribution in [-0.2, 0) is 11.3 Å². The predicted octanol–water partition coefficient (Wildman–Crippen LogP) is 1.48. The first-order valence-corrected chi connectivity index (χ1v) is 3.49. The highest BCUT2D eigenvalue weighted by atomic mass is 16.5. The Labute approximate surface area is 65.6 Å². The lowest BCUT2D eigenvalue weighted by Crippen LogP contribution is -1.95. The van der Waals surface area contributed by atoms with Gasteiger partial charge in [0.25, 0.3) is 0 Å². The summed E-state index contributed by atoms with van der Waals surface area (Å²) in [6.07, 6.45) is 0.992. The Bertz CT molecular complexity index is 215. The molecule has 1 aromatic rings. The van der Waals surface area contributed by atoms with E-state index in [1.165, 1.54) is 0 Å². The molecule has 1 aromatic heterocycles. The molecule has 0 unspecified atom stereocenters. The van der Waals surface area contributed by atoms with Crippen LogP contribution in [0.3, 0.4) is 0 Å². The first-order valence-electron chi connectivity index (χ1n) is 3.49. The largest absolute Gasteiger partial charge is 0.466 e. The van der Waals surface area contributed by atoms with Crippen molar-refractivity contribution < 1.29 is 14.3 Å². The summed E-state index contributed by atoms with van der Waals surface area (Å²) in [6.45, 7) is 2.15. The van der Waals surface area contributed by atoms with Crippen LogP contribution in [-0.4, -0.2) is 12.2 Å². The Morgan fingerprint density at radius 3 is 3.00 bits per heavy atom. The van der Waals surface area contributed by atoms with E-state index in [0.717, 1.165) is 5.56 Å². The van der Waals surface area contributed by atoms with Gasteiger partial charge in [-0.15, -0.1) is 0 Å². The van der Waals surface area contributed by atoms with E-state index in [2.05, 4.69) is 0 Å². The lowest BCUT2D eigenvalue weighted by Gasteiger charge is -2.02. The summed E-state index contributed by atoms with van der Waals surface area (Å²) in [5.41, 5.74) is 0.905. The summed E-state index contributed by atoms with van der Waals surface area (Å²) in [7, 11) is 1.61. The molecule has 0 saturated heterocycles. The summed E-state index contributed by atoms with van der Waals surface area (Å²) >= 11 is 0. The van der Waals surface area contributed by atoms with Crippen molar-refractivity contribution in [2.24, 2.45) is 0 Å². The van der Waals surface area contributed by atoms with E-state index in [0.29, 0.717) is 12.4 Å². The third-order valence-corrected chi connectivity index (χ3v) is 1.46. The van der Waals surface area contributed by atoms with Gasteiger partial charge in [-0.05, 0) is 13.0 Å². The zero-order valence-electron chi connectivity index (χ0n) is 6.70. The molecule has 0 aliphatic rings. The minimum absolute atomic E-state index is 0.483. The molecule has 1 atom stereocenters. The maximum Gasteiger partial charge on any atom is 0.137 e. The number of furan rings is 1. The molecule has 3 heteroatoms. The molecule has 0 saturated carbocycles. The molecular formula is C8H12O3. The van der Waals surface area contributed by atoms with E-state index < -0.39 is 6.10 Å². The van der Waals surface area contributed by atoms with Crippen molar-refractivity contribution >= 4 is 0 Å². The molecule has 0 amide bonds. The van der Waals surface area contributed by atoms with E-state index in [4.69, 9.17) is 9.15 Å². The topological polar surface area (TPSA) is 42.6 Å². The second-order valence-electron chi connectivity index (χ2n) is 2.42. The Morgan fingerprint density at radius 2 is 2.45 bits per heavy atom. The van der Waals surface area contributed by atoms with Crippen molar-refractivity contribution in [1.29, 1.82) is 0 Å². The average Bonchev–Trinajstić information content (AvgIpc) is 2.36. The number of methoxy groups -OCH3 is 1. The Kier molecular flexibility index (Phi) is 2.68. The van der Waals surface area contributed by atoms with Crippen LogP contribution in [0.25, 0.3) is 0 Å². The van der Waals surface area contributed by atoms with Gasteiger partial charge in [-0.2, -0.15) is 0 Å². The van der Waals surface area contributed by atoms with E-state index in [9.17, 15) is 5.11 Å². The van der Waals surface area contributed by atoms with Gasteiger partial charge in [0.1, 0.15) is 11.9 Å². The number of ether oxygens (including phenoxy) is 1. The molecule has 0 aliphatic heterocycles. The molecular weight excluding hydrogens is 144 g/mol. The van der Waals surface area contributed by atoms with Gasteiger partial charge in [-0.1, -0.05) is 0 Å². The summed E-state index contributed by atoms with van der Waals surface area (Å²) in [4.78, 5) is 0. The van der Waals surface area contributed by atoms with Crippen molar-refractivity contribution in [1.82, 2.24) is 0 Å². The number of hydrogen-bond donors (Lipinski definition) is 1. The van der Waals surface area contributed by atoms with Gasteiger partial charge in [0.15, 0.2) is 0 Å². The molecule has 0 spiro atoms. The molecule has 1 heterocycles. The van der Waals surface area contributed by atoms with Gasteiger partial charge < -0.3 is 14.3 Å². The molecule has 0 bridgehead atoms. The van der Waals surface area contributed by atoms with E-state index in [-0.39, 0.29) is 0 Å². The molecule has 0 aromatic carbocycles. The molecule has 0 aliphatic carbocycles. The highest BCUT2D eigenvalue weighted by Crippen LogP contribution is 2.18. The van der Waals surface area contributed by atoms with Gasteiger partial charge in [-0.25, -0.2) is 0 Å². The zero-order valence-corrected chi connectivity index (χ0v) is 6.70. The molecule has 0 radical (unpaired) electrons. The third kappa shape index (κ3) is 1.82. The molecule has 1 N–H and O–H groups in total. The second kappa shape index (κ2) is 3.55. The quantitative estimate of drug-likeness (QED) is 0.720. The standard InChI is InChI=1S/C8H12O3/c1-6(9)8-7(5-10-2)3-4-11-8/h3-4,6,9H,5H2,1-2H3/t6-/m0/s1. The maximum atomic E-state index is 9.17. The predicted molar refractivity (Wildman–Crippen MR) is 40.1 cm³/mol. The van der Waals surface area contributed by atoms with Crippen molar-refractivity contribution in [2.75, 3.05) is 7.11 Å². The van der Waals surface area contributed by atoms with E-state index in [1.54, 1.807) is 26.4 Å². The molecule has 11 heavy (non-hydrogen) atoms. The van der Waals surface area contributed by atoms with Crippen LogP contribution in [0.2, 0.25) is 0 Å². The number of aliphatic hydroxyl groups is 1. The smallest absolute Gasteiger partial charge is 0.137 e. The van der Waals surface area contributed by atoms with Crippen LogP contribution in [0.5, 0.6) is 0 Å². The summed E-state index contributed by atoms with van der Waals surface area (Å²) < 4.78 is 9.95. The molecule has 62 valence electrons. The molecule has 0 fully saturated rings. The first kappa shape index (κ1) is 8.30. The van der Waals surface area contributed by atoms with Gasteiger partial charge in [-0.3, -0.25) is 0 Å². The van der Waals surface area contributed by atoms with Crippen LogP contribution in [0.1, 0.15) is 24.4 Å². The first-order chi connectivity index (χ1) is 5.25. The van der Waals surface area contributed by atoms with Gasteiger partial charge in [0, 0.05) is 12.7 Å². The average molecular weight is 156 g/mol. The van der Waals surface area contributed by atoms with Crippen molar-refractivity contribution in [3.8, 4) is 0 Å². The number of hydrogen-bond acceptors (Lipinski definition) is 3. The van der Waals surface area contributed by atoms with Crippen LogP contribution in [0, 0.1) is 0 Å². The lowest BCUT2D eigenvalue weighted by molar-refractivity contribution is 0.152. The van der Waals surface area contributed by atoms with Crippen molar-refractivity contribution in [2.45, 2.75) is 19.6 Å². The zero-order chi connectivity index (χ0) is 8.27. The van der Waals surface area contributed by atoms with Crippen molar-refractivity contribution in [3.05, 3.63) is 23.7 Å². The fraction of sp³-hybridized carbons (Fsp3) is 0.500. The summed E-state index contributed by atoms with van der Waals surface area (Å²) in [5, 5.41) is 9.17. The number of rotatable bonds is 3. The second-order valence-corrected chi connectivity index (χ2v) is 2.42. The van der Waals surface area contributed by atoms with Crippen LogP contribution in [0.4, 0.5) is 0 Å². The monoisotopic (exact) mass is 156 g/mol. The Morgan fingerprint density at radius 1 is 1.73 bits per heavy atom. The number of aliphatic hydroxyl groups excluding tert-OH is 1. The van der Waals surface area contributed by atoms with E-state index >= 15 is 0 Å². The van der Waals surface area contributed by atoms with E-state index in [1.807, 2.05) is 0 Å². The maximum absolute atomic E-state index is 9.17. The van der Waals surface area contributed by atoms with Crippen LogP contribution >= 0.6 is 0 Å². The fourth-order valence-electron chi connectivity index (χ4n) is 0.989. The summed E-state index contributed by atoms with van der Waals surface area (Å²) in [5.74, 6) is 0.590. The minimum Gasteiger partial charge on any atom is -0.466 e. The van der Waals surface area contributed by atoms with Gasteiger partial charge >= 0.3 is 0 Å². The van der Waals surface area contributed by atoms with Crippen LogP contribution in [0.15, 0.2) is 16.7 Å². The normalized spacial score (nSPS) is 13.4. The highest BCUT2D eigenvalue weighted by Gasteiger charge is 2.10. The van der Waals surface area contributed by atoms with Gasteiger partial charge in [0.05, 0.1) is 12.9 Å². The molecule has 1 rings (SSSR count). The molecule has 3 nitrogen and oxygen atoms in total. The third-order valence-electron chi connectivity index (χ3n) is 1.46. The summed E-state index contributed by atoms with van der Waals surface area (Å²) in [6, 6.07) is 1.80. The van der Waals surface area contributed by atoms with Gasteiger partial charge in [0.2, 0.25) is 0 Å². The SMILES string of the molecule is COCc1ccoc1[C@H](C)O. The Hall–Kier alpha value is -0.800. The van der Waals surface area contributed by atoms with Crippen molar-refractivity contribution in [3.63, 3.8) is 0 Å². The Balaban J connectivity index is 2.78. The lowest BCUT2D eigenvalue weighted by atomic mass is 10.2.